The number of fused-ring (bicyclic) bond motifs is 1. The molecule has 0 amide bonds. The molecule has 0 unspecified atom stereocenters. The van der Waals surface area contributed by atoms with E-state index in [0.29, 0.717) is 0 Å². The number of hydrogen-bond donors (Lipinski definition) is 0. The van der Waals surface area contributed by atoms with Crippen molar-refractivity contribution in [2.45, 2.75) is 33.1 Å². The number of thiophene rings is 1. The van der Waals surface area contributed by atoms with Crippen LogP contribution in [0.3, 0.4) is 0 Å². The van der Waals surface area contributed by atoms with E-state index in [9.17, 15) is 0 Å². The zero-order chi connectivity index (χ0) is 19.5. The van der Waals surface area contributed by atoms with E-state index in [-0.39, 0.29) is 0 Å². The first-order chi connectivity index (χ1) is 13.7. The van der Waals surface area contributed by atoms with Crippen LogP contribution in [0.2, 0.25) is 0 Å². The van der Waals surface area contributed by atoms with Crippen molar-refractivity contribution in [3.8, 4) is 22.6 Å². The quantitative estimate of drug-likeness (QED) is 0.534. The molecule has 148 valence electrons. The number of ether oxygens (including phenoxy) is 2. The minimum absolute atomic E-state index is 0.728. The predicted molar refractivity (Wildman–Crippen MR) is 115 cm³/mol. The Bertz CT molecular complexity index is 964. The summed E-state index contributed by atoms with van der Waals surface area (Å²) >= 11 is 1.72. The molecule has 1 fully saturated rings. The van der Waals surface area contributed by atoms with Crippen molar-refractivity contribution < 1.29 is 9.47 Å². The average Bonchev–Trinajstić information content (AvgIpc) is 3.32. The van der Waals surface area contributed by atoms with E-state index in [0.717, 1.165) is 58.2 Å². The molecule has 1 aromatic carbocycles. The van der Waals surface area contributed by atoms with Crippen molar-refractivity contribution in [2.75, 3.05) is 33.4 Å². The fourth-order valence-corrected chi connectivity index (χ4v) is 4.85. The molecule has 0 N–H and O–H groups in total. The summed E-state index contributed by atoms with van der Waals surface area (Å²) in [4.78, 5) is 12.7. The van der Waals surface area contributed by atoms with Gasteiger partial charge >= 0.3 is 0 Å². The molecule has 0 bridgehead atoms. The Morgan fingerprint density at radius 2 is 2.00 bits per heavy atom. The van der Waals surface area contributed by atoms with Crippen LogP contribution >= 0.6 is 11.3 Å². The van der Waals surface area contributed by atoms with E-state index in [4.69, 9.17) is 9.47 Å². The fourth-order valence-electron chi connectivity index (χ4n) is 3.86. The summed E-state index contributed by atoms with van der Waals surface area (Å²) in [7, 11) is 1.71. The second-order valence-electron chi connectivity index (χ2n) is 7.28. The van der Waals surface area contributed by atoms with E-state index in [1.807, 2.05) is 25.3 Å². The van der Waals surface area contributed by atoms with Gasteiger partial charge in [0.05, 0.1) is 23.9 Å². The highest BCUT2D eigenvalue weighted by Gasteiger charge is 2.17. The summed E-state index contributed by atoms with van der Waals surface area (Å²) in [6, 6.07) is 6.10. The molecule has 6 heteroatoms. The van der Waals surface area contributed by atoms with Gasteiger partial charge in [-0.1, -0.05) is 0 Å². The smallest absolute Gasteiger partial charge is 0.130 e. The largest absolute Gasteiger partial charge is 0.496 e. The number of nitrogens with zero attached hydrogens (tertiary/aromatic N) is 3. The Kier molecular flexibility index (Phi) is 5.78. The number of hydrogen-bond acceptors (Lipinski definition) is 6. The monoisotopic (exact) mass is 397 g/mol. The SMILES string of the molecule is COc1cc(OCCCN2CCCC2)ccc1-c1c(C)sc2cnc(C)nc12. The van der Waals surface area contributed by atoms with Crippen molar-refractivity contribution in [3.63, 3.8) is 0 Å². The van der Waals surface area contributed by atoms with Crippen LogP contribution in [0.1, 0.15) is 30.0 Å². The predicted octanol–water partition coefficient (Wildman–Crippen LogP) is 4.85. The van der Waals surface area contributed by atoms with E-state index < -0.39 is 0 Å². The summed E-state index contributed by atoms with van der Waals surface area (Å²) in [5.74, 6) is 2.45. The maximum absolute atomic E-state index is 5.99. The van der Waals surface area contributed by atoms with Crippen LogP contribution in [0.5, 0.6) is 11.5 Å². The van der Waals surface area contributed by atoms with Crippen molar-refractivity contribution in [3.05, 3.63) is 35.1 Å². The van der Waals surface area contributed by atoms with Crippen LogP contribution in [-0.2, 0) is 0 Å². The molecule has 0 atom stereocenters. The Balaban J connectivity index is 1.52. The van der Waals surface area contributed by atoms with Crippen molar-refractivity contribution in [1.82, 2.24) is 14.9 Å². The maximum atomic E-state index is 5.99. The van der Waals surface area contributed by atoms with Crippen LogP contribution in [0, 0.1) is 13.8 Å². The molecule has 0 spiro atoms. The summed E-state index contributed by atoms with van der Waals surface area (Å²) in [5, 5.41) is 0. The van der Waals surface area contributed by atoms with Gasteiger partial charge in [-0.25, -0.2) is 9.97 Å². The molecule has 3 heterocycles. The number of aryl methyl sites for hydroxylation is 2. The van der Waals surface area contributed by atoms with Crippen LogP contribution in [0.15, 0.2) is 24.4 Å². The second-order valence-corrected chi connectivity index (χ2v) is 8.53. The molecule has 0 radical (unpaired) electrons. The van der Waals surface area contributed by atoms with E-state index in [1.165, 1.54) is 30.8 Å². The maximum Gasteiger partial charge on any atom is 0.130 e. The van der Waals surface area contributed by atoms with Crippen LogP contribution in [-0.4, -0.2) is 48.2 Å². The van der Waals surface area contributed by atoms with Gasteiger partial charge in [-0.05, 0) is 58.3 Å². The number of rotatable bonds is 7. The standard InChI is InChI=1S/C22H27N3O2S/c1-15-21(22-20(28-15)14-23-16(2)24-22)18-8-7-17(13-19(18)26-3)27-12-6-11-25-9-4-5-10-25/h7-8,13-14H,4-6,9-12H2,1-3H3. The van der Waals surface area contributed by atoms with Gasteiger partial charge in [-0.3, -0.25) is 0 Å². The normalized spacial score (nSPS) is 14.7. The van der Waals surface area contributed by atoms with Gasteiger partial charge in [-0.15, -0.1) is 11.3 Å². The summed E-state index contributed by atoms with van der Waals surface area (Å²) in [5.41, 5.74) is 3.17. The average molecular weight is 398 g/mol. The highest BCUT2D eigenvalue weighted by molar-refractivity contribution is 7.19. The lowest BCUT2D eigenvalue weighted by atomic mass is 10.0. The number of benzene rings is 1. The number of aromatic nitrogens is 2. The minimum atomic E-state index is 0.728. The Morgan fingerprint density at radius 1 is 1.18 bits per heavy atom. The molecule has 2 aromatic heterocycles. The van der Waals surface area contributed by atoms with Crippen LogP contribution in [0.25, 0.3) is 21.3 Å². The fraction of sp³-hybridized carbons (Fsp3) is 0.455. The highest BCUT2D eigenvalue weighted by atomic mass is 32.1. The second kappa shape index (κ2) is 8.45. The van der Waals surface area contributed by atoms with E-state index in [2.05, 4.69) is 27.9 Å². The molecular formula is C22H27N3O2S. The summed E-state index contributed by atoms with van der Waals surface area (Å²) < 4.78 is 12.8. The topological polar surface area (TPSA) is 47.5 Å². The Hall–Kier alpha value is -2.18. The van der Waals surface area contributed by atoms with Gasteiger partial charge < -0.3 is 14.4 Å². The van der Waals surface area contributed by atoms with Crippen molar-refractivity contribution in [1.29, 1.82) is 0 Å². The molecule has 28 heavy (non-hydrogen) atoms. The van der Waals surface area contributed by atoms with Gasteiger partial charge in [-0.2, -0.15) is 0 Å². The highest BCUT2D eigenvalue weighted by Crippen LogP contribution is 2.42. The Labute approximate surface area is 170 Å². The third-order valence-corrected chi connectivity index (χ3v) is 6.28. The zero-order valence-corrected chi connectivity index (χ0v) is 17.6. The molecule has 0 aliphatic carbocycles. The van der Waals surface area contributed by atoms with Crippen LogP contribution in [0.4, 0.5) is 0 Å². The molecule has 1 saturated heterocycles. The van der Waals surface area contributed by atoms with Gasteiger partial charge in [0.25, 0.3) is 0 Å². The third-order valence-electron chi connectivity index (χ3n) is 5.26. The zero-order valence-electron chi connectivity index (χ0n) is 16.8. The lowest BCUT2D eigenvalue weighted by molar-refractivity contribution is 0.262. The Morgan fingerprint density at radius 3 is 2.79 bits per heavy atom. The lowest BCUT2D eigenvalue weighted by Gasteiger charge is -2.15. The number of methoxy groups -OCH3 is 1. The minimum Gasteiger partial charge on any atom is -0.496 e. The van der Waals surface area contributed by atoms with Gasteiger partial charge in [0.1, 0.15) is 17.3 Å². The van der Waals surface area contributed by atoms with Gasteiger partial charge in [0.2, 0.25) is 0 Å². The lowest BCUT2D eigenvalue weighted by Crippen LogP contribution is -2.21. The summed E-state index contributed by atoms with van der Waals surface area (Å²) in [6.07, 6.45) is 5.62. The van der Waals surface area contributed by atoms with E-state index >= 15 is 0 Å². The molecule has 5 nitrogen and oxygen atoms in total. The first kappa shape index (κ1) is 19.2. The third kappa shape index (κ3) is 3.98. The molecule has 4 rings (SSSR count). The first-order valence-electron chi connectivity index (χ1n) is 9.92. The molecule has 1 aliphatic rings. The number of likely N-dealkylation sites (tertiary alicyclic amines) is 1. The molecule has 3 aromatic rings. The summed E-state index contributed by atoms with van der Waals surface area (Å²) in [6.45, 7) is 8.37. The van der Waals surface area contributed by atoms with Crippen LogP contribution < -0.4 is 9.47 Å². The first-order valence-corrected chi connectivity index (χ1v) is 10.7. The van der Waals surface area contributed by atoms with Gasteiger partial charge in [0, 0.05) is 34.8 Å². The van der Waals surface area contributed by atoms with Crippen molar-refractivity contribution >= 4 is 21.6 Å². The molecule has 0 saturated carbocycles. The molecule has 1 aliphatic heterocycles. The van der Waals surface area contributed by atoms with E-state index in [1.54, 1.807) is 18.4 Å². The van der Waals surface area contributed by atoms with Crippen molar-refractivity contribution in [2.24, 2.45) is 0 Å². The molecular weight excluding hydrogens is 370 g/mol. The van der Waals surface area contributed by atoms with Gasteiger partial charge in [0.15, 0.2) is 0 Å².